The van der Waals surface area contributed by atoms with Gasteiger partial charge in [-0.15, -0.1) is 11.6 Å². The second kappa shape index (κ2) is 5.64. The van der Waals surface area contributed by atoms with Gasteiger partial charge in [0.25, 0.3) is 0 Å². The molecule has 70 valence electrons. The molecular formula is C11H19Cl. The molecule has 1 saturated carbocycles. The number of hydrogen-bond acceptors (Lipinski definition) is 0. The van der Waals surface area contributed by atoms with Crippen LogP contribution < -0.4 is 0 Å². The Kier molecular flexibility index (Phi) is 4.75. The molecule has 0 amide bonds. The number of hydrogen-bond donors (Lipinski definition) is 0. The fraction of sp³-hybridized carbons (Fsp3) is 0.818. The summed E-state index contributed by atoms with van der Waals surface area (Å²) in [6, 6.07) is 0. The summed E-state index contributed by atoms with van der Waals surface area (Å²) in [6.07, 6.45) is 10.8. The molecule has 0 radical (unpaired) electrons. The van der Waals surface area contributed by atoms with E-state index in [4.69, 9.17) is 11.6 Å². The van der Waals surface area contributed by atoms with Crippen molar-refractivity contribution in [3.8, 4) is 0 Å². The minimum atomic E-state index is 0.705. The molecule has 0 unspecified atom stereocenters. The summed E-state index contributed by atoms with van der Waals surface area (Å²) < 4.78 is 0. The topological polar surface area (TPSA) is 0 Å². The van der Waals surface area contributed by atoms with Crippen LogP contribution in [0.3, 0.4) is 0 Å². The summed E-state index contributed by atoms with van der Waals surface area (Å²) in [5.41, 5.74) is 1.35. The van der Waals surface area contributed by atoms with E-state index in [0.717, 1.165) is 5.92 Å². The molecule has 1 aliphatic carbocycles. The van der Waals surface area contributed by atoms with Crippen molar-refractivity contribution in [2.24, 2.45) is 5.92 Å². The Morgan fingerprint density at radius 1 is 1.25 bits per heavy atom. The molecule has 12 heavy (non-hydrogen) atoms. The third-order valence-electron chi connectivity index (χ3n) is 2.63. The van der Waals surface area contributed by atoms with E-state index in [1.807, 2.05) is 0 Å². The molecule has 0 aromatic heterocycles. The molecule has 0 aromatic carbocycles. The van der Waals surface area contributed by atoms with Gasteiger partial charge in [0.2, 0.25) is 0 Å². The van der Waals surface area contributed by atoms with Gasteiger partial charge in [-0.3, -0.25) is 0 Å². The lowest BCUT2D eigenvalue weighted by molar-refractivity contribution is 0.556. The third-order valence-corrected chi connectivity index (χ3v) is 3.05. The van der Waals surface area contributed by atoms with Gasteiger partial charge in [0.15, 0.2) is 0 Å². The van der Waals surface area contributed by atoms with Gasteiger partial charge in [-0.2, -0.15) is 0 Å². The first kappa shape index (κ1) is 10.1. The molecule has 0 nitrogen and oxygen atoms in total. The highest BCUT2D eigenvalue weighted by atomic mass is 35.5. The molecule has 0 bridgehead atoms. The van der Waals surface area contributed by atoms with Crippen LogP contribution in [0.25, 0.3) is 0 Å². The summed E-state index contributed by atoms with van der Waals surface area (Å²) >= 11 is 5.74. The standard InChI is InChI=1S/C11H19Cl/c1-10(9-12)8-11-6-4-2-3-5-7-11/h8,11H,2-7,9H2,1H3. The van der Waals surface area contributed by atoms with Crippen molar-refractivity contribution in [3.63, 3.8) is 0 Å². The van der Waals surface area contributed by atoms with Crippen molar-refractivity contribution >= 4 is 11.6 Å². The highest BCUT2D eigenvalue weighted by molar-refractivity contribution is 6.19. The molecule has 0 spiro atoms. The van der Waals surface area contributed by atoms with Crippen molar-refractivity contribution in [3.05, 3.63) is 11.6 Å². The van der Waals surface area contributed by atoms with Crippen molar-refractivity contribution < 1.29 is 0 Å². The molecule has 0 N–H and O–H groups in total. The molecule has 0 aromatic rings. The number of alkyl halides is 1. The smallest absolute Gasteiger partial charge is 0.0430 e. The summed E-state index contributed by atoms with van der Waals surface area (Å²) in [5, 5.41) is 0. The Labute approximate surface area is 81.0 Å². The van der Waals surface area contributed by atoms with Crippen LogP contribution >= 0.6 is 11.6 Å². The molecule has 0 heterocycles. The Morgan fingerprint density at radius 3 is 2.33 bits per heavy atom. The molecule has 1 rings (SSSR count). The Morgan fingerprint density at radius 2 is 1.83 bits per heavy atom. The molecule has 0 aliphatic heterocycles. The number of rotatable bonds is 2. The van der Waals surface area contributed by atoms with Gasteiger partial charge in [0.05, 0.1) is 0 Å². The lowest BCUT2D eigenvalue weighted by Gasteiger charge is -2.08. The largest absolute Gasteiger partial charge is 0.122 e. The van der Waals surface area contributed by atoms with E-state index in [-0.39, 0.29) is 0 Å². The fourth-order valence-electron chi connectivity index (χ4n) is 1.92. The first-order valence-corrected chi connectivity index (χ1v) is 5.59. The van der Waals surface area contributed by atoms with Crippen LogP contribution in [0.2, 0.25) is 0 Å². The second-order valence-electron chi connectivity index (χ2n) is 3.90. The van der Waals surface area contributed by atoms with Gasteiger partial charge in [-0.1, -0.05) is 37.3 Å². The second-order valence-corrected chi connectivity index (χ2v) is 4.17. The van der Waals surface area contributed by atoms with E-state index in [9.17, 15) is 0 Å². The zero-order valence-corrected chi connectivity index (χ0v) is 8.74. The maximum absolute atomic E-state index is 5.74. The van der Waals surface area contributed by atoms with E-state index >= 15 is 0 Å². The van der Waals surface area contributed by atoms with Gasteiger partial charge in [0.1, 0.15) is 0 Å². The van der Waals surface area contributed by atoms with Crippen LogP contribution in [0.15, 0.2) is 11.6 Å². The van der Waals surface area contributed by atoms with Gasteiger partial charge >= 0.3 is 0 Å². The van der Waals surface area contributed by atoms with Gasteiger partial charge in [-0.05, 0) is 25.7 Å². The van der Waals surface area contributed by atoms with E-state index < -0.39 is 0 Å². The Balaban J connectivity index is 2.38. The van der Waals surface area contributed by atoms with Crippen molar-refractivity contribution in [2.45, 2.75) is 45.4 Å². The molecule has 0 saturated heterocycles. The maximum atomic E-state index is 5.74. The zero-order chi connectivity index (χ0) is 8.81. The summed E-state index contributed by atoms with van der Waals surface area (Å²) in [7, 11) is 0. The van der Waals surface area contributed by atoms with Gasteiger partial charge < -0.3 is 0 Å². The van der Waals surface area contributed by atoms with Gasteiger partial charge in [0, 0.05) is 5.88 Å². The molecular weight excluding hydrogens is 168 g/mol. The van der Waals surface area contributed by atoms with Gasteiger partial charge in [-0.25, -0.2) is 0 Å². The Bertz CT molecular complexity index is 141. The minimum Gasteiger partial charge on any atom is -0.122 e. The fourth-order valence-corrected chi connectivity index (χ4v) is 2.01. The first-order valence-electron chi connectivity index (χ1n) is 5.06. The average molecular weight is 187 g/mol. The van der Waals surface area contributed by atoms with Crippen LogP contribution in [0, 0.1) is 5.92 Å². The summed E-state index contributed by atoms with van der Waals surface area (Å²) in [4.78, 5) is 0. The maximum Gasteiger partial charge on any atom is 0.0430 e. The monoisotopic (exact) mass is 186 g/mol. The van der Waals surface area contributed by atoms with Crippen molar-refractivity contribution in [1.29, 1.82) is 0 Å². The van der Waals surface area contributed by atoms with Crippen LogP contribution in [0.4, 0.5) is 0 Å². The van der Waals surface area contributed by atoms with Crippen LogP contribution in [-0.4, -0.2) is 5.88 Å². The average Bonchev–Trinajstić information content (AvgIpc) is 2.33. The summed E-state index contributed by atoms with van der Waals surface area (Å²) in [6.45, 7) is 2.14. The number of halogens is 1. The number of allylic oxidation sites excluding steroid dienone is 2. The SMILES string of the molecule is CC(=CC1CCCCCC1)CCl. The van der Waals surface area contributed by atoms with Crippen molar-refractivity contribution in [2.75, 3.05) is 5.88 Å². The first-order chi connectivity index (χ1) is 5.83. The predicted octanol–water partition coefficient (Wildman–Crippen LogP) is 4.14. The van der Waals surface area contributed by atoms with E-state index in [1.54, 1.807) is 0 Å². The quantitative estimate of drug-likeness (QED) is 0.346. The van der Waals surface area contributed by atoms with E-state index in [2.05, 4.69) is 13.0 Å². The van der Waals surface area contributed by atoms with E-state index in [1.165, 1.54) is 44.1 Å². The minimum absolute atomic E-state index is 0.705. The van der Waals surface area contributed by atoms with Crippen LogP contribution in [0.5, 0.6) is 0 Å². The van der Waals surface area contributed by atoms with Crippen LogP contribution in [0.1, 0.15) is 45.4 Å². The van der Waals surface area contributed by atoms with Crippen molar-refractivity contribution in [1.82, 2.24) is 0 Å². The highest BCUT2D eigenvalue weighted by Gasteiger charge is 2.09. The lowest BCUT2D eigenvalue weighted by atomic mass is 9.98. The normalized spacial score (nSPS) is 22.3. The predicted molar refractivity (Wildman–Crippen MR) is 55.7 cm³/mol. The van der Waals surface area contributed by atoms with Crippen LogP contribution in [-0.2, 0) is 0 Å². The highest BCUT2D eigenvalue weighted by Crippen LogP contribution is 2.24. The third kappa shape index (κ3) is 3.62. The van der Waals surface area contributed by atoms with E-state index in [0.29, 0.717) is 5.88 Å². The molecule has 1 aliphatic rings. The lowest BCUT2D eigenvalue weighted by Crippen LogP contribution is -1.95. The Hall–Kier alpha value is 0.0300. The molecule has 0 atom stereocenters. The summed E-state index contributed by atoms with van der Waals surface area (Å²) in [5.74, 6) is 1.53. The zero-order valence-electron chi connectivity index (χ0n) is 7.98. The molecule has 1 heteroatoms. The molecule has 1 fully saturated rings.